The summed E-state index contributed by atoms with van der Waals surface area (Å²) < 4.78 is 36.0. The molecule has 0 atom stereocenters. The first-order valence-corrected chi connectivity index (χ1v) is 3.64. The molecule has 0 saturated heterocycles. The smallest absolute Gasteiger partial charge is 0.457 e. The van der Waals surface area contributed by atoms with Crippen molar-refractivity contribution < 1.29 is 22.5 Å². The van der Waals surface area contributed by atoms with Crippen molar-refractivity contribution in [1.82, 2.24) is 0 Å². The van der Waals surface area contributed by atoms with Crippen LogP contribution >= 0.6 is 7.76 Å². The monoisotopic (exact) mass is 158 g/mol. The Hall–Kier alpha value is -0.440. The summed E-state index contributed by atoms with van der Waals surface area (Å²) in [4.78, 5) is 9.83. The van der Waals surface area contributed by atoms with E-state index in [1.165, 1.54) is 6.92 Å². The number of carbonyl (C=O) groups is 1. The molecule has 3 nitrogen and oxygen atoms in total. The van der Waals surface area contributed by atoms with E-state index in [1.807, 2.05) is 0 Å². The van der Waals surface area contributed by atoms with Crippen molar-refractivity contribution in [2.75, 3.05) is 6.61 Å². The summed E-state index contributed by atoms with van der Waals surface area (Å²) in [6, 6.07) is 0. The van der Waals surface area contributed by atoms with E-state index in [-0.39, 0.29) is 6.61 Å². The van der Waals surface area contributed by atoms with E-state index < -0.39 is 13.5 Å². The van der Waals surface area contributed by atoms with Crippen LogP contribution in [0.5, 0.6) is 0 Å². The van der Waals surface area contributed by atoms with E-state index in [9.17, 15) is 17.8 Å². The van der Waals surface area contributed by atoms with Crippen LogP contribution in [0.25, 0.3) is 0 Å². The van der Waals surface area contributed by atoms with E-state index >= 15 is 0 Å². The van der Waals surface area contributed by atoms with Crippen LogP contribution < -0.4 is 0 Å². The molecular weight excluding hydrogens is 153 g/mol. The molecule has 0 amide bonds. The molecule has 0 spiro atoms. The van der Waals surface area contributed by atoms with Gasteiger partial charge in [0.25, 0.3) is 0 Å². The summed E-state index contributed by atoms with van der Waals surface area (Å²) in [5.74, 6) is 0. The average molecular weight is 158 g/mol. The fourth-order valence-electron chi connectivity index (χ4n) is 0.199. The van der Waals surface area contributed by atoms with Gasteiger partial charge >= 0.3 is 13.5 Å². The third kappa shape index (κ3) is 3.19. The summed E-state index contributed by atoms with van der Waals surface area (Å²) in [6.07, 6.45) is 0. The van der Waals surface area contributed by atoms with Crippen molar-refractivity contribution in [1.29, 1.82) is 0 Å². The second-order valence-electron chi connectivity index (χ2n) is 1.16. The van der Waals surface area contributed by atoms with Crippen LogP contribution in [0.1, 0.15) is 6.92 Å². The highest BCUT2D eigenvalue weighted by Crippen LogP contribution is 2.50. The first-order valence-electron chi connectivity index (χ1n) is 2.15. The lowest BCUT2D eigenvalue weighted by molar-refractivity contribution is 0.174. The molecule has 6 heteroatoms. The van der Waals surface area contributed by atoms with Crippen molar-refractivity contribution in [2.24, 2.45) is 0 Å². The van der Waals surface area contributed by atoms with Gasteiger partial charge in [-0.1, -0.05) is 0 Å². The lowest BCUT2D eigenvalue weighted by Gasteiger charge is -1.96. The van der Waals surface area contributed by atoms with Gasteiger partial charge in [0.2, 0.25) is 0 Å². The van der Waals surface area contributed by atoms with Crippen molar-refractivity contribution in [3.63, 3.8) is 0 Å². The molecule has 0 rings (SSSR count). The average Bonchev–Trinajstić information content (AvgIpc) is 1.64. The van der Waals surface area contributed by atoms with Crippen LogP contribution in [0.2, 0.25) is 0 Å². The Labute approximate surface area is 50.6 Å². The van der Waals surface area contributed by atoms with Crippen LogP contribution in [-0.4, -0.2) is 12.3 Å². The minimum Gasteiger partial charge on any atom is -0.457 e. The Morgan fingerprint density at radius 2 is 2.11 bits per heavy atom. The maximum Gasteiger partial charge on any atom is 0.510 e. The zero-order chi connectivity index (χ0) is 7.49. The Kier molecular flexibility index (Phi) is 2.77. The van der Waals surface area contributed by atoms with Gasteiger partial charge in [-0.3, -0.25) is 0 Å². The molecule has 0 aromatic rings. The molecule has 0 aliphatic carbocycles. The molecule has 0 bridgehead atoms. The second kappa shape index (κ2) is 2.92. The molecule has 0 aliphatic rings. The number of hydrogen-bond donors (Lipinski definition) is 0. The topological polar surface area (TPSA) is 43.4 Å². The molecular formula is C3H5F2O3P. The first kappa shape index (κ1) is 8.56. The van der Waals surface area contributed by atoms with E-state index in [1.54, 1.807) is 0 Å². The van der Waals surface area contributed by atoms with Gasteiger partial charge in [0.15, 0.2) is 0 Å². The molecule has 9 heavy (non-hydrogen) atoms. The molecule has 0 saturated carbocycles. The SMILES string of the molecule is CCOC(=O)P(=O)(F)F. The molecule has 0 radical (unpaired) electrons. The van der Waals surface area contributed by atoms with Gasteiger partial charge in [-0.05, 0) is 6.92 Å². The largest absolute Gasteiger partial charge is 0.510 e. The Bertz CT molecular complexity index is 151. The molecule has 0 aromatic heterocycles. The zero-order valence-electron chi connectivity index (χ0n) is 4.63. The summed E-state index contributed by atoms with van der Waals surface area (Å²) in [5.41, 5.74) is -1.91. The predicted octanol–water partition coefficient (Wildman–Crippen LogP) is 2.28. The summed E-state index contributed by atoms with van der Waals surface area (Å²) in [5, 5.41) is 0. The summed E-state index contributed by atoms with van der Waals surface area (Å²) in [7, 11) is -5.63. The van der Waals surface area contributed by atoms with E-state index in [4.69, 9.17) is 0 Å². The number of hydrogen-bond acceptors (Lipinski definition) is 3. The Balaban J connectivity index is 3.90. The van der Waals surface area contributed by atoms with Crippen LogP contribution in [0.3, 0.4) is 0 Å². The molecule has 0 unspecified atom stereocenters. The standard InChI is InChI=1S/C3H5F2O3P/c1-2-8-3(6)9(4,5)7/h2H2,1H3. The van der Waals surface area contributed by atoms with E-state index in [0.717, 1.165) is 0 Å². The number of halogens is 2. The quantitative estimate of drug-likeness (QED) is 0.579. The number of rotatable bonds is 2. The zero-order valence-corrected chi connectivity index (χ0v) is 5.53. The normalized spacial score (nSPS) is 11.0. The maximum absolute atomic E-state index is 11.4. The molecule has 0 aliphatic heterocycles. The predicted molar refractivity (Wildman–Crippen MR) is 26.8 cm³/mol. The fourth-order valence-corrected chi connectivity index (χ4v) is 0.478. The van der Waals surface area contributed by atoms with Gasteiger partial charge < -0.3 is 4.74 Å². The van der Waals surface area contributed by atoms with Crippen LogP contribution in [0.4, 0.5) is 13.2 Å². The Morgan fingerprint density at radius 3 is 2.22 bits per heavy atom. The highest BCUT2D eigenvalue weighted by atomic mass is 31.2. The molecule has 0 heterocycles. The molecule has 54 valence electrons. The van der Waals surface area contributed by atoms with Gasteiger partial charge in [0, 0.05) is 0 Å². The van der Waals surface area contributed by atoms with Crippen molar-refractivity contribution in [2.45, 2.75) is 6.92 Å². The highest BCUT2D eigenvalue weighted by molar-refractivity contribution is 7.70. The minimum absolute atomic E-state index is 0.184. The lowest BCUT2D eigenvalue weighted by Crippen LogP contribution is -1.96. The van der Waals surface area contributed by atoms with E-state index in [2.05, 4.69) is 4.74 Å². The summed E-state index contributed by atoms with van der Waals surface area (Å²) >= 11 is 0. The van der Waals surface area contributed by atoms with Gasteiger partial charge in [0.1, 0.15) is 0 Å². The Morgan fingerprint density at radius 1 is 1.67 bits per heavy atom. The lowest BCUT2D eigenvalue weighted by atomic mass is 10.9. The molecule has 0 aromatic carbocycles. The minimum atomic E-state index is -5.63. The third-order valence-corrected chi connectivity index (χ3v) is 1.03. The van der Waals surface area contributed by atoms with Crippen LogP contribution in [0, 0.1) is 0 Å². The number of carbonyl (C=O) groups excluding carboxylic acids is 1. The van der Waals surface area contributed by atoms with Crippen LogP contribution in [-0.2, 0) is 9.30 Å². The second-order valence-corrected chi connectivity index (χ2v) is 2.45. The first-order chi connectivity index (χ1) is 3.98. The van der Waals surface area contributed by atoms with Crippen LogP contribution in [0.15, 0.2) is 0 Å². The number of ether oxygens (including phenoxy) is 1. The van der Waals surface area contributed by atoms with Crippen molar-refractivity contribution in [3.8, 4) is 0 Å². The van der Waals surface area contributed by atoms with Gasteiger partial charge in [0.05, 0.1) is 6.61 Å². The van der Waals surface area contributed by atoms with E-state index in [0.29, 0.717) is 0 Å². The summed E-state index contributed by atoms with van der Waals surface area (Å²) in [6.45, 7) is 1.17. The van der Waals surface area contributed by atoms with Crippen molar-refractivity contribution >= 4 is 13.5 Å². The molecule has 0 fully saturated rings. The van der Waals surface area contributed by atoms with Gasteiger partial charge in [-0.2, -0.15) is 0 Å². The van der Waals surface area contributed by atoms with Gasteiger partial charge in [-0.15, -0.1) is 8.39 Å². The van der Waals surface area contributed by atoms with Crippen molar-refractivity contribution in [3.05, 3.63) is 0 Å². The fraction of sp³-hybridized carbons (Fsp3) is 0.667. The maximum atomic E-state index is 11.4. The highest BCUT2D eigenvalue weighted by Gasteiger charge is 2.32. The third-order valence-electron chi connectivity index (χ3n) is 0.480. The van der Waals surface area contributed by atoms with Gasteiger partial charge in [-0.25, -0.2) is 9.36 Å². The molecule has 0 N–H and O–H groups in total.